The van der Waals surface area contributed by atoms with Crippen LogP contribution in [-0.4, -0.2) is 22.7 Å². The number of fused-ring (bicyclic) bond motifs is 1. The van der Waals surface area contributed by atoms with E-state index in [4.69, 9.17) is 33.0 Å². The Kier molecular flexibility index (Phi) is 3.93. The SMILES string of the molecule is C=CCOc1cc2cc(Cl)c(Cl)cc2nc1C(=O)O. The summed E-state index contributed by atoms with van der Waals surface area (Å²) >= 11 is 11.8. The third kappa shape index (κ3) is 2.80. The second-order valence-corrected chi connectivity index (χ2v) is 4.51. The molecule has 2 rings (SSSR count). The van der Waals surface area contributed by atoms with Crippen molar-refractivity contribution in [2.24, 2.45) is 0 Å². The van der Waals surface area contributed by atoms with Crippen LogP contribution in [0.3, 0.4) is 0 Å². The number of aromatic carboxylic acids is 1. The molecular formula is C13H9Cl2NO3. The number of halogens is 2. The number of hydrogen-bond acceptors (Lipinski definition) is 3. The highest BCUT2D eigenvalue weighted by Gasteiger charge is 2.15. The normalized spacial score (nSPS) is 10.4. The average Bonchev–Trinajstić information content (AvgIpc) is 2.36. The van der Waals surface area contributed by atoms with Crippen LogP contribution in [0.25, 0.3) is 10.9 Å². The van der Waals surface area contributed by atoms with Gasteiger partial charge in [-0.25, -0.2) is 9.78 Å². The summed E-state index contributed by atoms with van der Waals surface area (Å²) in [5.74, 6) is -1.01. The molecular weight excluding hydrogens is 289 g/mol. The van der Waals surface area contributed by atoms with Crippen molar-refractivity contribution in [3.8, 4) is 5.75 Å². The van der Waals surface area contributed by atoms with Gasteiger partial charge in [0, 0.05) is 5.39 Å². The molecule has 0 atom stereocenters. The second-order valence-electron chi connectivity index (χ2n) is 3.70. The number of pyridine rings is 1. The highest BCUT2D eigenvalue weighted by molar-refractivity contribution is 6.42. The van der Waals surface area contributed by atoms with Crippen LogP contribution in [0.5, 0.6) is 5.75 Å². The van der Waals surface area contributed by atoms with Crippen molar-refractivity contribution in [1.82, 2.24) is 4.98 Å². The van der Waals surface area contributed by atoms with Crippen molar-refractivity contribution in [3.05, 3.63) is 46.6 Å². The van der Waals surface area contributed by atoms with Gasteiger partial charge in [-0.2, -0.15) is 0 Å². The summed E-state index contributed by atoms with van der Waals surface area (Å²) in [6, 6.07) is 4.69. The van der Waals surface area contributed by atoms with Crippen LogP contribution in [0.4, 0.5) is 0 Å². The summed E-state index contributed by atoms with van der Waals surface area (Å²) in [6.07, 6.45) is 1.52. The van der Waals surface area contributed by atoms with Crippen molar-refractivity contribution in [2.45, 2.75) is 0 Å². The van der Waals surface area contributed by atoms with Crippen molar-refractivity contribution in [2.75, 3.05) is 6.61 Å². The lowest BCUT2D eigenvalue weighted by Gasteiger charge is -2.09. The molecule has 1 aromatic heterocycles. The molecule has 1 aromatic carbocycles. The van der Waals surface area contributed by atoms with Gasteiger partial charge in [0.05, 0.1) is 15.6 Å². The fraction of sp³-hybridized carbons (Fsp3) is 0.0769. The van der Waals surface area contributed by atoms with Gasteiger partial charge in [0.15, 0.2) is 11.4 Å². The monoisotopic (exact) mass is 297 g/mol. The fourth-order valence-corrected chi connectivity index (χ4v) is 1.89. The molecule has 0 amide bonds. The molecule has 6 heteroatoms. The molecule has 2 aromatic rings. The number of carbonyl (C=O) groups is 1. The van der Waals surface area contributed by atoms with Crippen LogP contribution in [0, 0.1) is 0 Å². The van der Waals surface area contributed by atoms with Gasteiger partial charge in [-0.15, -0.1) is 0 Å². The highest BCUT2D eigenvalue weighted by atomic mass is 35.5. The second kappa shape index (κ2) is 5.47. The maximum absolute atomic E-state index is 11.2. The van der Waals surface area contributed by atoms with Gasteiger partial charge in [-0.3, -0.25) is 0 Å². The number of benzene rings is 1. The van der Waals surface area contributed by atoms with Crippen LogP contribution < -0.4 is 4.74 Å². The molecule has 0 bridgehead atoms. The lowest BCUT2D eigenvalue weighted by molar-refractivity contribution is 0.0686. The Morgan fingerprint density at radius 2 is 2.05 bits per heavy atom. The van der Waals surface area contributed by atoms with Crippen LogP contribution in [0.15, 0.2) is 30.9 Å². The summed E-state index contributed by atoms with van der Waals surface area (Å²) in [7, 11) is 0. The van der Waals surface area contributed by atoms with Crippen LogP contribution in [0.1, 0.15) is 10.5 Å². The Bertz CT molecular complexity index is 670. The molecule has 4 nitrogen and oxygen atoms in total. The minimum absolute atomic E-state index is 0.165. The zero-order valence-corrected chi connectivity index (χ0v) is 11.2. The molecule has 0 spiro atoms. The van der Waals surface area contributed by atoms with Gasteiger partial charge in [0.25, 0.3) is 0 Å². The van der Waals surface area contributed by atoms with E-state index in [1.165, 1.54) is 12.1 Å². The Hall–Kier alpha value is -1.78. The molecule has 19 heavy (non-hydrogen) atoms. The van der Waals surface area contributed by atoms with Crippen molar-refractivity contribution in [3.63, 3.8) is 0 Å². The quantitative estimate of drug-likeness (QED) is 0.872. The first-order chi connectivity index (χ1) is 9.02. The molecule has 0 aliphatic rings. The van der Waals surface area contributed by atoms with Gasteiger partial charge in [-0.1, -0.05) is 35.9 Å². The molecule has 0 saturated heterocycles. The summed E-state index contributed by atoms with van der Waals surface area (Å²) in [4.78, 5) is 15.2. The first-order valence-corrected chi connectivity index (χ1v) is 6.05. The standard InChI is InChI=1S/C13H9Cl2NO3/c1-2-3-19-11-5-7-4-8(14)9(15)6-10(7)16-12(11)13(17)18/h2,4-6H,1,3H2,(H,17,18). The molecule has 0 saturated carbocycles. The zero-order valence-electron chi connectivity index (χ0n) is 9.69. The molecule has 0 fully saturated rings. The van der Waals surface area contributed by atoms with E-state index in [0.29, 0.717) is 20.9 Å². The van der Waals surface area contributed by atoms with E-state index in [0.717, 1.165) is 0 Å². The topological polar surface area (TPSA) is 59.4 Å². The summed E-state index contributed by atoms with van der Waals surface area (Å²) in [5, 5.41) is 10.5. The molecule has 0 unspecified atom stereocenters. The van der Waals surface area contributed by atoms with E-state index in [1.807, 2.05) is 0 Å². The van der Waals surface area contributed by atoms with Crippen molar-refractivity contribution < 1.29 is 14.6 Å². The van der Waals surface area contributed by atoms with Gasteiger partial charge in [-0.05, 0) is 18.2 Å². The number of carboxylic acids is 1. The Morgan fingerprint density at radius 1 is 1.37 bits per heavy atom. The van der Waals surface area contributed by atoms with E-state index in [-0.39, 0.29) is 18.1 Å². The number of carboxylic acid groups (broad SMARTS) is 1. The van der Waals surface area contributed by atoms with E-state index in [2.05, 4.69) is 11.6 Å². The van der Waals surface area contributed by atoms with Gasteiger partial charge >= 0.3 is 5.97 Å². The molecule has 98 valence electrons. The third-order valence-electron chi connectivity index (χ3n) is 2.38. The maximum atomic E-state index is 11.2. The molecule has 1 heterocycles. The van der Waals surface area contributed by atoms with Crippen LogP contribution in [-0.2, 0) is 0 Å². The summed E-state index contributed by atoms with van der Waals surface area (Å²) in [6.45, 7) is 3.70. The lowest BCUT2D eigenvalue weighted by atomic mass is 10.2. The third-order valence-corrected chi connectivity index (χ3v) is 3.10. The van der Waals surface area contributed by atoms with E-state index < -0.39 is 5.97 Å². The number of aromatic nitrogens is 1. The minimum atomic E-state index is -1.17. The summed E-state index contributed by atoms with van der Waals surface area (Å²) < 4.78 is 5.29. The molecule has 0 aliphatic carbocycles. The molecule has 0 aliphatic heterocycles. The van der Waals surface area contributed by atoms with Crippen LogP contribution in [0.2, 0.25) is 10.0 Å². The summed E-state index contributed by atoms with van der Waals surface area (Å²) in [5.41, 5.74) is 0.269. The number of nitrogens with zero attached hydrogens (tertiary/aromatic N) is 1. The van der Waals surface area contributed by atoms with E-state index >= 15 is 0 Å². The van der Waals surface area contributed by atoms with E-state index in [1.54, 1.807) is 12.1 Å². The van der Waals surface area contributed by atoms with Crippen LogP contribution >= 0.6 is 23.2 Å². The first kappa shape index (κ1) is 13.6. The van der Waals surface area contributed by atoms with Crippen molar-refractivity contribution in [1.29, 1.82) is 0 Å². The molecule has 0 radical (unpaired) electrons. The Balaban J connectivity index is 2.65. The fourth-order valence-electron chi connectivity index (χ4n) is 1.56. The number of ether oxygens (including phenoxy) is 1. The predicted octanol–water partition coefficient (Wildman–Crippen LogP) is 3.80. The van der Waals surface area contributed by atoms with Gasteiger partial charge < -0.3 is 9.84 Å². The van der Waals surface area contributed by atoms with Gasteiger partial charge in [0.2, 0.25) is 0 Å². The van der Waals surface area contributed by atoms with Gasteiger partial charge in [0.1, 0.15) is 6.61 Å². The zero-order chi connectivity index (χ0) is 14.0. The van der Waals surface area contributed by atoms with Crippen molar-refractivity contribution >= 4 is 40.1 Å². The number of rotatable bonds is 4. The first-order valence-electron chi connectivity index (χ1n) is 5.29. The molecule has 1 N–H and O–H groups in total. The predicted molar refractivity (Wildman–Crippen MR) is 74.4 cm³/mol. The Morgan fingerprint density at radius 3 is 2.68 bits per heavy atom. The highest BCUT2D eigenvalue weighted by Crippen LogP contribution is 2.30. The largest absolute Gasteiger partial charge is 0.487 e. The number of hydrogen-bond donors (Lipinski definition) is 1. The smallest absolute Gasteiger partial charge is 0.358 e. The Labute approximate surface area is 119 Å². The maximum Gasteiger partial charge on any atom is 0.358 e. The average molecular weight is 298 g/mol. The lowest BCUT2D eigenvalue weighted by Crippen LogP contribution is -2.06. The van der Waals surface area contributed by atoms with E-state index in [9.17, 15) is 4.79 Å². The minimum Gasteiger partial charge on any atom is -0.487 e.